The molecule has 186 valence electrons. The van der Waals surface area contributed by atoms with Crippen molar-refractivity contribution >= 4 is 22.1 Å². The van der Waals surface area contributed by atoms with Gasteiger partial charge in [-0.05, 0) is 25.7 Å². The van der Waals surface area contributed by atoms with E-state index in [0.717, 1.165) is 0 Å². The lowest BCUT2D eigenvalue weighted by Crippen LogP contribution is -2.60. The summed E-state index contributed by atoms with van der Waals surface area (Å²) in [5.41, 5.74) is -2.57. The zero-order valence-corrected chi connectivity index (χ0v) is 16.6. The average molecular weight is 508 g/mol. The Balaban J connectivity index is 3.42. The minimum absolute atomic E-state index is 0.00986. The van der Waals surface area contributed by atoms with Gasteiger partial charge in [-0.15, -0.1) is 0 Å². The highest BCUT2D eigenvalue weighted by atomic mass is 32.2. The Morgan fingerprint density at radius 3 is 1.88 bits per heavy atom. The molecule has 0 amide bonds. The number of carbonyl (C=O) groups is 2. The third-order valence-electron chi connectivity index (χ3n) is 4.11. The molecule has 0 bridgehead atoms. The van der Waals surface area contributed by atoms with Crippen molar-refractivity contribution in [1.29, 1.82) is 0 Å². The standard InChI is InChI=1S/C15H16F8O8S/c1-8(14(18,19)20)10(24)31-13(15(21,22)23,29-7-12(16,17)32(26,27)28)11(25)30-9-5-3-2-4-6-9/h9H,1-7H2,(H,26,27,28). The van der Waals surface area contributed by atoms with E-state index in [9.17, 15) is 53.1 Å². The first kappa shape index (κ1) is 28.0. The van der Waals surface area contributed by atoms with Crippen LogP contribution >= 0.6 is 0 Å². The summed E-state index contributed by atoms with van der Waals surface area (Å²) in [7, 11) is -6.41. The highest BCUT2D eigenvalue weighted by Crippen LogP contribution is 2.40. The Bertz CT molecular complexity index is 829. The molecule has 1 aliphatic carbocycles. The van der Waals surface area contributed by atoms with Gasteiger partial charge in [0.25, 0.3) is 0 Å². The van der Waals surface area contributed by atoms with Crippen LogP contribution in [0.4, 0.5) is 35.1 Å². The predicted octanol–water partition coefficient (Wildman–Crippen LogP) is 3.28. The van der Waals surface area contributed by atoms with E-state index in [-0.39, 0.29) is 12.8 Å². The van der Waals surface area contributed by atoms with Gasteiger partial charge in [-0.2, -0.15) is 43.5 Å². The maximum Gasteiger partial charge on any atom is 0.468 e. The molecule has 1 aliphatic rings. The van der Waals surface area contributed by atoms with Crippen LogP contribution in [0.5, 0.6) is 0 Å². The van der Waals surface area contributed by atoms with Crippen LogP contribution in [0.1, 0.15) is 32.1 Å². The second-order valence-electron chi connectivity index (χ2n) is 6.55. The molecule has 0 aliphatic heterocycles. The monoisotopic (exact) mass is 508 g/mol. The summed E-state index contributed by atoms with van der Waals surface area (Å²) in [5, 5.41) is -5.48. The number of rotatable bonds is 8. The van der Waals surface area contributed by atoms with Crippen LogP contribution in [0.2, 0.25) is 0 Å². The summed E-state index contributed by atoms with van der Waals surface area (Å²) in [5.74, 6) is -10.9. The summed E-state index contributed by atoms with van der Waals surface area (Å²) >= 11 is 0. The molecular weight excluding hydrogens is 492 g/mol. The molecule has 8 nitrogen and oxygen atoms in total. The Kier molecular flexibility index (Phi) is 8.29. The van der Waals surface area contributed by atoms with Gasteiger partial charge in [-0.3, -0.25) is 4.55 Å². The fourth-order valence-electron chi connectivity index (χ4n) is 2.37. The summed E-state index contributed by atoms with van der Waals surface area (Å²) in [4.78, 5) is 23.8. The minimum atomic E-state index is -6.41. The second kappa shape index (κ2) is 9.46. The molecule has 1 fully saturated rings. The molecule has 1 saturated carbocycles. The molecular formula is C15H16F8O8S. The SMILES string of the molecule is C=C(C(=O)OC(OCC(F)(F)S(=O)(=O)O)(C(=O)OC1CCCCC1)C(F)(F)F)C(F)(F)F. The van der Waals surface area contributed by atoms with Crippen molar-refractivity contribution in [2.75, 3.05) is 6.61 Å². The van der Waals surface area contributed by atoms with E-state index in [4.69, 9.17) is 4.55 Å². The third-order valence-corrected chi connectivity index (χ3v) is 4.99. The molecule has 0 aromatic carbocycles. The largest absolute Gasteiger partial charge is 0.468 e. The van der Waals surface area contributed by atoms with Gasteiger partial charge in [0.1, 0.15) is 18.3 Å². The molecule has 0 aromatic heterocycles. The molecule has 17 heteroatoms. The number of alkyl halides is 8. The van der Waals surface area contributed by atoms with Crippen LogP contribution in [0, 0.1) is 0 Å². The van der Waals surface area contributed by atoms with Gasteiger partial charge in [-0.1, -0.05) is 13.0 Å². The molecule has 0 radical (unpaired) electrons. The molecule has 1 N–H and O–H groups in total. The van der Waals surface area contributed by atoms with Gasteiger partial charge in [0.15, 0.2) is 0 Å². The molecule has 1 unspecified atom stereocenters. The number of hydrogen-bond donors (Lipinski definition) is 1. The number of ether oxygens (including phenoxy) is 3. The van der Waals surface area contributed by atoms with Crippen molar-refractivity contribution in [2.45, 2.75) is 61.6 Å². The topological polar surface area (TPSA) is 116 Å². The molecule has 0 aromatic rings. The number of esters is 2. The first-order valence-corrected chi connectivity index (χ1v) is 9.94. The van der Waals surface area contributed by atoms with Crippen LogP contribution in [0.15, 0.2) is 12.2 Å². The van der Waals surface area contributed by atoms with Gasteiger partial charge in [0.05, 0.1) is 0 Å². The summed E-state index contributed by atoms with van der Waals surface area (Å²) in [6.45, 7) is -0.791. The first-order valence-electron chi connectivity index (χ1n) is 8.50. The van der Waals surface area contributed by atoms with Crippen molar-refractivity contribution < 1.29 is 71.9 Å². The fourth-order valence-corrected chi connectivity index (χ4v) is 2.57. The number of carbonyl (C=O) groups excluding carboxylic acids is 2. The van der Waals surface area contributed by atoms with Crippen molar-refractivity contribution in [2.24, 2.45) is 0 Å². The van der Waals surface area contributed by atoms with Crippen molar-refractivity contribution in [3.05, 3.63) is 12.2 Å². The van der Waals surface area contributed by atoms with Crippen LogP contribution in [0.3, 0.4) is 0 Å². The molecule has 32 heavy (non-hydrogen) atoms. The fraction of sp³-hybridized carbons (Fsp3) is 0.733. The Labute approximate surface area is 175 Å². The van der Waals surface area contributed by atoms with Crippen LogP contribution in [-0.4, -0.2) is 61.0 Å². The Hall–Kier alpha value is -2.01. The summed E-state index contributed by atoms with van der Waals surface area (Å²) in [6, 6.07) is 0. The van der Waals surface area contributed by atoms with Crippen LogP contribution < -0.4 is 0 Å². The highest BCUT2D eigenvalue weighted by Gasteiger charge is 2.70. The molecule has 0 saturated heterocycles. The smallest absolute Gasteiger partial charge is 0.457 e. The van der Waals surface area contributed by atoms with Gasteiger partial charge in [0.2, 0.25) is 0 Å². The Morgan fingerprint density at radius 2 is 1.47 bits per heavy atom. The second-order valence-corrected chi connectivity index (χ2v) is 8.09. The lowest BCUT2D eigenvalue weighted by molar-refractivity contribution is -0.361. The van der Waals surface area contributed by atoms with Crippen LogP contribution in [-0.2, 0) is 33.9 Å². The molecule has 1 rings (SSSR count). The Morgan fingerprint density at radius 1 is 0.969 bits per heavy atom. The van der Waals surface area contributed by atoms with Crippen molar-refractivity contribution in [3.8, 4) is 0 Å². The van der Waals surface area contributed by atoms with Gasteiger partial charge in [-0.25, -0.2) is 9.59 Å². The predicted molar refractivity (Wildman–Crippen MR) is 85.5 cm³/mol. The number of halogens is 8. The van der Waals surface area contributed by atoms with E-state index >= 15 is 0 Å². The summed E-state index contributed by atoms with van der Waals surface area (Å²) in [6.07, 6.45) is -11.9. The normalized spacial score (nSPS) is 18.5. The quantitative estimate of drug-likeness (QED) is 0.175. The van der Waals surface area contributed by atoms with E-state index in [2.05, 4.69) is 20.8 Å². The highest BCUT2D eigenvalue weighted by molar-refractivity contribution is 7.86. The van der Waals surface area contributed by atoms with E-state index in [1.54, 1.807) is 0 Å². The minimum Gasteiger partial charge on any atom is -0.457 e. The van der Waals surface area contributed by atoms with E-state index in [1.165, 1.54) is 0 Å². The van der Waals surface area contributed by atoms with Crippen LogP contribution in [0.25, 0.3) is 0 Å². The zero-order chi connectivity index (χ0) is 25.2. The van der Waals surface area contributed by atoms with Crippen molar-refractivity contribution in [3.63, 3.8) is 0 Å². The molecule has 1 atom stereocenters. The third kappa shape index (κ3) is 6.50. The lowest BCUT2D eigenvalue weighted by atomic mass is 9.98. The molecule has 0 spiro atoms. The van der Waals surface area contributed by atoms with Gasteiger partial charge >= 0.3 is 45.5 Å². The average Bonchev–Trinajstić information content (AvgIpc) is 2.62. The zero-order valence-electron chi connectivity index (χ0n) is 15.8. The summed E-state index contributed by atoms with van der Waals surface area (Å²) < 4.78 is 147. The lowest BCUT2D eigenvalue weighted by Gasteiger charge is -2.34. The first-order chi connectivity index (χ1) is 14.2. The maximum absolute atomic E-state index is 13.7. The maximum atomic E-state index is 13.7. The van der Waals surface area contributed by atoms with Gasteiger partial charge in [0, 0.05) is 0 Å². The van der Waals surface area contributed by atoms with E-state index in [0.29, 0.717) is 19.3 Å². The van der Waals surface area contributed by atoms with Crippen molar-refractivity contribution in [1.82, 2.24) is 0 Å². The van der Waals surface area contributed by atoms with Gasteiger partial charge < -0.3 is 14.2 Å². The van der Waals surface area contributed by atoms with E-state index in [1.807, 2.05) is 0 Å². The van der Waals surface area contributed by atoms with E-state index < -0.39 is 63.7 Å². The number of hydrogen-bond acceptors (Lipinski definition) is 7. The molecule has 0 heterocycles.